The number of halogens is 1. The third-order valence-electron chi connectivity index (χ3n) is 4.15. The number of aromatic nitrogens is 2. The molecule has 0 atom stereocenters. The molecular formula is C21H24FN5. The molecule has 6 heteroatoms. The summed E-state index contributed by atoms with van der Waals surface area (Å²) in [6.45, 7) is 4.10. The minimum absolute atomic E-state index is 0.210. The zero-order valence-corrected chi connectivity index (χ0v) is 15.4. The van der Waals surface area contributed by atoms with E-state index in [0.717, 1.165) is 42.3 Å². The predicted molar refractivity (Wildman–Crippen MR) is 106 cm³/mol. The highest BCUT2D eigenvalue weighted by atomic mass is 19.1. The van der Waals surface area contributed by atoms with Crippen LogP contribution in [0.2, 0.25) is 0 Å². The summed E-state index contributed by atoms with van der Waals surface area (Å²) in [5.74, 6) is 0.554. The van der Waals surface area contributed by atoms with Crippen LogP contribution < -0.4 is 10.6 Å². The minimum Gasteiger partial charge on any atom is -0.357 e. The van der Waals surface area contributed by atoms with Crippen molar-refractivity contribution >= 4 is 5.96 Å². The second kappa shape index (κ2) is 9.52. The van der Waals surface area contributed by atoms with Gasteiger partial charge in [-0.3, -0.25) is 0 Å². The third-order valence-corrected chi connectivity index (χ3v) is 4.15. The number of benzene rings is 2. The number of hydrogen-bond acceptors (Lipinski definition) is 2. The summed E-state index contributed by atoms with van der Waals surface area (Å²) in [5, 5.41) is 6.60. The van der Waals surface area contributed by atoms with Crippen LogP contribution in [0.3, 0.4) is 0 Å². The van der Waals surface area contributed by atoms with Crippen LogP contribution in [0.25, 0.3) is 5.69 Å². The highest BCUT2D eigenvalue weighted by molar-refractivity contribution is 5.79. The summed E-state index contributed by atoms with van der Waals surface area (Å²) in [7, 11) is 0. The lowest BCUT2D eigenvalue weighted by molar-refractivity contribution is 0.626. The van der Waals surface area contributed by atoms with Gasteiger partial charge in [0.05, 0.1) is 18.6 Å². The first-order valence-corrected chi connectivity index (χ1v) is 9.09. The Hall–Kier alpha value is -3.15. The Labute approximate surface area is 159 Å². The number of guanidine groups is 1. The van der Waals surface area contributed by atoms with Crippen molar-refractivity contribution in [2.75, 3.05) is 13.1 Å². The lowest BCUT2D eigenvalue weighted by Gasteiger charge is -2.13. The van der Waals surface area contributed by atoms with Crippen LogP contribution in [0.15, 0.2) is 72.2 Å². The molecule has 0 aliphatic rings. The van der Waals surface area contributed by atoms with Crippen molar-refractivity contribution in [1.29, 1.82) is 0 Å². The Morgan fingerprint density at radius 2 is 1.93 bits per heavy atom. The van der Waals surface area contributed by atoms with E-state index in [2.05, 4.69) is 27.8 Å². The molecule has 0 spiro atoms. The SMILES string of the molecule is CCNC(=NCc1ccccc1-n1ccnc1)NCCc1ccc(F)cc1. The van der Waals surface area contributed by atoms with E-state index in [0.29, 0.717) is 6.54 Å². The quantitative estimate of drug-likeness (QED) is 0.499. The second-order valence-electron chi connectivity index (χ2n) is 6.10. The number of hydrogen-bond donors (Lipinski definition) is 2. The first-order valence-electron chi connectivity index (χ1n) is 9.09. The largest absolute Gasteiger partial charge is 0.357 e. The molecule has 27 heavy (non-hydrogen) atoms. The molecule has 0 fully saturated rings. The van der Waals surface area contributed by atoms with Gasteiger partial charge in [-0.05, 0) is 42.7 Å². The standard InChI is InChI=1S/C21H24FN5/c1-2-24-21(25-12-11-17-7-9-19(22)10-8-17)26-15-18-5-3-4-6-20(18)27-14-13-23-16-27/h3-10,13-14,16H,2,11-12,15H2,1H3,(H2,24,25,26). The van der Waals surface area contributed by atoms with Gasteiger partial charge < -0.3 is 15.2 Å². The number of nitrogens with one attached hydrogen (secondary N) is 2. The first-order chi connectivity index (χ1) is 13.3. The zero-order chi connectivity index (χ0) is 18.9. The van der Waals surface area contributed by atoms with Gasteiger partial charge in [-0.2, -0.15) is 0 Å². The fraction of sp³-hybridized carbons (Fsp3) is 0.238. The van der Waals surface area contributed by atoms with Gasteiger partial charge in [-0.15, -0.1) is 0 Å². The fourth-order valence-electron chi connectivity index (χ4n) is 2.78. The van der Waals surface area contributed by atoms with Crippen LogP contribution in [-0.2, 0) is 13.0 Å². The van der Waals surface area contributed by atoms with Crippen molar-refractivity contribution in [3.05, 3.63) is 84.2 Å². The van der Waals surface area contributed by atoms with Crippen molar-refractivity contribution in [1.82, 2.24) is 20.2 Å². The van der Waals surface area contributed by atoms with E-state index in [9.17, 15) is 4.39 Å². The lowest BCUT2D eigenvalue weighted by Crippen LogP contribution is -2.38. The number of aliphatic imine (C=N–C) groups is 1. The smallest absolute Gasteiger partial charge is 0.191 e. The molecule has 2 N–H and O–H groups in total. The Morgan fingerprint density at radius 1 is 1.11 bits per heavy atom. The van der Waals surface area contributed by atoms with Gasteiger partial charge in [-0.1, -0.05) is 30.3 Å². The number of rotatable bonds is 7. The van der Waals surface area contributed by atoms with E-state index in [-0.39, 0.29) is 5.82 Å². The zero-order valence-electron chi connectivity index (χ0n) is 15.4. The Balaban J connectivity index is 1.63. The van der Waals surface area contributed by atoms with Crippen LogP contribution >= 0.6 is 0 Å². The van der Waals surface area contributed by atoms with Crippen molar-refractivity contribution in [3.8, 4) is 5.69 Å². The van der Waals surface area contributed by atoms with Gasteiger partial charge in [0.25, 0.3) is 0 Å². The molecule has 0 unspecified atom stereocenters. The number of nitrogens with zero attached hydrogens (tertiary/aromatic N) is 3. The average Bonchev–Trinajstić information content (AvgIpc) is 3.22. The molecule has 0 saturated carbocycles. The van der Waals surface area contributed by atoms with Crippen molar-refractivity contribution in [2.45, 2.75) is 19.9 Å². The monoisotopic (exact) mass is 365 g/mol. The maximum atomic E-state index is 13.0. The second-order valence-corrected chi connectivity index (χ2v) is 6.10. The predicted octanol–water partition coefficient (Wildman–Crippen LogP) is 3.31. The molecule has 3 aromatic rings. The van der Waals surface area contributed by atoms with Crippen LogP contribution in [-0.4, -0.2) is 28.6 Å². The van der Waals surface area contributed by atoms with Gasteiger partial charge >= 0.3 is 0 Å². The van der Waals surface area contributed by atoms with Crippen molar-refractivity contribution in [2.24, 2.45) is 4.99 Å². The van der Waals surface area contributed by atoms with E-state index in [1.54, 1.807) is 12.5 Å². The maximum Gasteiger partial charge on any atom is 0.191 e. The van der Waals surface area contributed by atoms with Crippen LogP contribution in [0.1, 0.15) is 18.1 Å². The van der Waals surface area contributed by atoms with E-state index >= 15 is 0 Å². The molecular weight excluding hydrogens is 341 g/mol. The van der Waals surface area contributed by atoms with E-state index in [4.69, 9.17) is 4.99 Å². The van der Waals surface area contributed by atoms with Crippen LogP contribution in [0, 0.1) is 5.82 Å². The van der Waals surface area contributed by atoms with Crippen molar-refractivity contribution < 1.29 is 4.39 Å². The summed E-state index contributed by atoms with van der Waals surface area (Å²) in [6, 6.07) is 14.7. The van der Waals surface area contributed by atoms with Gasteiger partial charge in [0.15, 0.2) is 5.96 Å². The summed E-state index contributed by atoms with van der Waals surface area (Å²) >= 11 is 0. The van der Waals surface area contributed by atoms with E-state index < -0.39 is 0 Å². The van der Waals surface area contributed by atoms with E-state index in [1.165, 1.54) is 12.1 Å². The lowest BCUT2D eigenvalue weighted by atomic mass is 10.1. The molecule has 0 saturated heterocycles. The summed E-state index contributed by atoms with van der Waals surface area (Å²) in [6.07, 6.45) is 6.28. The third kappa shape index (κ3) is 5.41. The van der Waals surface area contributed by atoms with Crippen molar-refractivity contribution in [3.63, 3.8) is 0 Å². The van der Waals surface area contributed by atoms with Gasteiger partial charge in [-0.25, -0.2) is 14.4 Å². The molecule has 1 aromatic heterocycles. The molecule has 0 bridgehead atoms. The molecule has 5 nitrogen and oxygen atoms in total. The highest BCUT2D eigenvalue weighted by Crippen LogP contribution is 2.15. The van der Waals surface area contributed by atoms with Gasteiger partial charge in [0, 0.05) is 25.5 Å². The number of para-hydroxylation sites is 1. The molecule has 3 rings (SSSR count). The highest BCUT2D eigenvalue weighted by Gasteiger charge is 2.04. The molecule has 0 amide bonds. The molecule has 0 aliphatic heterocycles. The number of imidazole rings is 1. The van der Waals surface area contributed by atoms with Gasteiger partial charge in [0.1, 0.15) is 5.82 Å². The van der Waals surface area contributed by atoms with Crippen LogP contribution in [0.5, 0.6) is 0 Å². The molecule has 0 aliphatic carbocycles. The molecule has 2 aromatic carbocycles. The fourth-order valence-corrected chi connectivity index (χ4v) is 2.78. The van der Waals surface area contributed by atoms with E-state index in [1.807, 2.05) is 42.0 Å². The summed E-state index contributed by atoms with van der Waals surface area (Å²) in [4.78, 5) is 8.82. The first kappa shape index (κ1) is 18.6. The molecule has 0 radical (unpaired) electrons. The average molecular weight is 365 g/mol. The van der Waals surface area contributed by atoms with Gasteiger partial charge in [0.2, 0.25) is 0 Å². The van der Waals surface area contributed by atoms with Crippen LogP contribution in [0.4, 0.5) is 4.39 Å². The normalized spacial score (nSPS) is 11.4. The topological polar surface area (TPSA) is 54.2 Å². The molecule has 140 valence electrons. The Morgan fingerprint density at radius 3 is 2.67 bits per heavy atom. The Kier molecular flexibility index (Phi) is 6.57. The maximum absolute atomic E-state index is 13.0. The summed E-state index contributed by atoms with van der Waals surface area (Å²) < 4.78 is 15.0. The summed E-state index contributed by atoms with van der Waals surface area (Å²) in [5.41, 5.74) is 3.28. The Bertz CT molecular complexity index is 857. The minimum atomic E-state index is -0.210. The molecule has 1 heterocycles.